The molecule has 0 saturated heterocycles. The highest BCUT2D eigenvalue weighted by molar-refractivity contribution is 6.33. The fourth-order valence-corrected chi connectivity index (χ4v) is 2.29. The SMILES string of the molecule is COc1ccccc1C(C)Nc1cc(CO)ccc1Cl. The van der Waals surface area contributed by atoms with Gasteiger partial charge >= 0.3 is 0 Å². The number of anilines is 1. The van der Waals surface area contributed by atoms with E-state index in [9.17, 15) is 5.11 Å². The highest BCUT2D eigenvalue weighted by Crippen LogP contribution is 2.31. The molecule has 0 aliphatic heterocycles. The number of methoxy groups -OCH3 is 1. The molecule has 0 spiro atoms. The van der Waals surface area contributed by atoms with Crippen molar-refractivity contribution < 1.29 is 9.84 Å². The molecule has 2 aromatic carbocycles. The van der Waals surface area contributed by atoms with E-state index in [-0.39, 0.29) is 12.6 Å². The monoisotopic (exact) mass is 291 g/mol. The Morgan fingerprint density at radius 1 is 1.25 bits per heavy atom. The second-order valence-corrected chi connectivity index (χ2v) is 4.99. The minimum atomic E-state index is -0.00507. The quantitative estimate of drug-likeness (QED) is 0.874. The Balaban J connectivity index is 2.25. The van der Waals surface area contributed by atoms with Crippen LogP contribution in [0.5, 0.6) is 5.75 Å². The molecular formula is C16H18ClNO2. The van der Waals surface area contributed by atoms with Gasteiger partial charge in [0.25, 0.3) is 0 Å². The first-order chi connectivity index (χ1) is 9.65. The number of nitrogens with one attached hydrogen (secondary N) is 1. The summed E-state index contributed by atoms with van der Waals surface area (Å²) in [5, 5.41) is 13.2. The molecule has 0 bridgehead atoms. The third kappa shape index (κ3) is 3.24. The van der Waals surface area contributed by atoms with Crippen LogP contribution in [0.25, 0.3) is 0 Å². The van der Waals surface area contributed by atoms with Crippen LogP contribution in [0.1, 0.15) is 24.1 Å². The molecule has 0 amide bonds. The Morgan fingerprint density at radius 2 is 2.00 bits per heavy atom. The number of hydrogen-bond acceptors (Lipinski definition) is 3. The first-order valence-corrected chi connectivity index (χ1v) is 6.82. The molecule has 2 aromatic rings. The average molecular weight is 292 g/mol. The predicted octanol–water partition coefficient (Wildman–Crippen LogP) is 4.01. The molecule has 0 aromatic heterocycles. The van der Waals surface area contributed by atoms with Crippen molar-refractivity contribution in [2.75, 3.05) is 12.4 Å². The zero-order valence-electron chi connectivity index (χ0n) is 11.6. The van der Waals surface area contributed by atoms with Crippen molar-refractivity contribution in [2.45, 2.75) is 19.6 Å². The number of halogens is 1. The molecule has 2 rings (SSSR count). The second-order valence-electron chi connectivity index (χ2n) is 4.58. The maximum atomic E-state index is 9.20. The van der Waals surface area contributed by atoms with Crippen molar-refractivity contribution in [3.63, 3.8) is 0 Å². The van der Waals surface area contributed by atoms with Crippen LogP contribution in [-0.4, -0.2) is 12.2 Å². The average Bonchev–Trinajstić information content (AvgIpc) is 2.49. The molecule has 106 valence electrons. The minimum Gasteiger partial charge on any atom is -0.496 e. The maximum Gasteiger partial charge on any atom is 0.124 e. The van der Waals surface area contributed by atoms with Gasteiger partial charge in [-0.1, -0.05) is 35.9 Å². The Bertz CT molecular complexity index is 586. The van der Waals surface area contributed by atoms with Gasteiger partial charge in [0.05, 0.1) is 30.5 Å². The lowest BCUT2D eigenvalue weighted by atomic mass is 10.1. The summed E-state index contributed by atoms with van der Waals surface area (Å²) in [6.45, 7) is 2.04. The van der Waals surface area contributed by atoms with E-state index in [1.165, 1.54) is 0 Å². The summed E-state index contributed by atoms with van der Waals surface area (Å²) in [7, 11) is 1.66. The van der Waals surface area contributed by atoms with Crippen LogP contribution >= 0.6 is 11.6 Å². The third-order valence-corrected chi connectivity index (χ3v) is 3.52. The van der Waals surface area contributed by atoms with Gasteiger partial charge in [0.15, 0.2) is 0 Å². The number of hydrogen-bond donors (Lipinski definition) is 2. The topological polar surface area (TPSA) is 41.5 Å². The summed E-state index contributed by atoms with van der Waals surface area (Å²) in [4.78, 5) is 0. The summed E-state index contributed by atoms with van der Waals surface area (Å²) in [5.74, 6) is 0.835. The molecule has 3 nitrogen and oxygen atoms in total. The van der Waals surface area contributed by atoms with Gasteiger partial charge in [-0.15, -0.1) is 0 Å². The Morgan fingerprint density at radius 3 is 2.70 bits per heavy atom. The molecule has 1 unspecified atom stereocenters. The molecule has 0 aliphatic carbocycles. The minimum absolute atomic E-state index is 0.00507. The van der Waals surface area contributed by atoms with E-state index in [0.717, 1.165) is 22.6 Å². The zero-order chi connectivity index (χ0) is 14.5. The van der Waals surface area contributed by atoms with E-state index >= 15 is 0 Å². The Kier molecular flexibility index (Phi) is 4.88. The normalized spacial score (nSPS) is 12.0. The van der Waals surface area contributed by atoms with Crippen molar-refractivity contribution in [3.8, 4) is 5.75 Å². The van der Waals surface area contributed by atoms with Crippen LogP contribution in [0, 0.1) is 0 Å². The molecular weight excluding hydrogens is 274 g/mol. The molecule has 0 heterocycles. The number of ether oxygens (including phenoxy) is 1. The van der Waals surface area contributed by atoms with Crippen LogP contribution in [0.3, 0.4) is 0 Å². The summed E-state index contributed by atoms with van der Waals surface area (Å²) < 4.78 is 5.37. The van der Waals surface area contributed by atoms with Crippen LogP contribution in [0.4, 0.5) is 5.69 Å². The standard InChI is InChI=1S/C16H18ClNO2/c1-11(13-5-3-4-6-16(13)20-2)18-15-9-12(10-19)7-8-14(15)17/h3-9,11,18-19H,10H2,1-2H3. The molecule has 0 radical (unpaired) electrons. The van der Waals surface area contributed by atoms with Gasteiger partial charge in [-0.2, -0.15) is 0 Å². The van der Waals surface area contributed by atoms with Gasteiger partial charge in [-0.25, -0.2) is 0 Å². The van der Waals surface area contributed by atoms with E-state index in [1.54, 1.807) is 19.2 Å². The number of para-hydroxylation sites is 1. The Hall–Kier alpha value is -1.71. The molecule has 0 aliphatic rings. The lowest BCUT2D eigenvalue weighted by molar-refractivity contribution is 0.282. The smallest absolute Gasteiger partial charge is 0.124 e. The first-order valence-electron chi connectivity index (χ1n) is 6.44. The summed E-state index contributed by atoms with van der Waals surface area (Å²) in [6.07, 6.45) is 0. The van der Waals surface area contributed by atoms with Gasteiger partial charge in [0.2, 0.25) is 0 Å². The maximum absolute atomic E-state index is 9.20. The molecule has 1 atom stereocenters. The fraction of sp³-hybridized carbons (Fsp3) is 0.250. The van der Waals surface area contributed by atoms with Crippen molar-refractivity contribution >= 4 is 17.3 Å². The van der Waals surface area contributed by atoms with Crippen molar-refractivity contribution in [1.29, 1.82) is 0 Å². The van der Waals surface area contributed by atoms with Crippen LogP contribution < -0.4 is 10.1 Å². The fourth-order valence-electron chi connectivity index (χ4n) is 2.12. The summed E-state index contributed by atoms with van der Waals surface area (Å²) >= 11 is 6.18. The van der Waals surface area contributed by atoms with Gasteiger partial charge in [-0.05, 0) is 30.7 Å². The van der Waals surface area contributed by atoms with E-state index in [4.69, 9.17) is 16.3 Å². The number of aliphatic hydroxyl groups is 1. The van der Waals surface area contributed by atoms with Crippen LogP contribution in [0.2, 0.25) is 5.02 Å². The number of rotatable bonds is 5. The molecule has 4 heteroatoms. The van der Waals surface area contributed by atoms with Gasteiger partial charge in [0, 0.05) is 5.56 Å². The van der Waals surface area contributed by atoms with Crippen molar-refractivity contribution in [1.82, 2.24) is 0 Å². The van der Waals surface area contributed by atoms with Gasteiger partial charge in [0.1, 0.15) is 5.75 Å². The second kappa shape index (κ2) is 6.64. The van der Waals surface area contributed by atoms with Crippen molar-refractivity contribution in [3.05, 3.63) is 58.6 Å². The summed E-state index contributed by atoms with van der Waals surface area (Å²) in [5.41, 5.74) is 2.68. The number of aliphatic hydroxyl groups excluding tert-OH is 1. The molecule has 0 saturated carbocycles. The number of benzene rings is 2. The molecule has 2 N–H and O–H groups in total. The van der Waals surface area contributed by atoms with Crippen LogP contribution in [0.15, 0.2) is 42.5 Å². The van der Waals surface area contributed by atoms with Crippen molar-refractivity contribution in [2.24, 2.45) is 0 Å². The van der Waals surface area contributed by atoms with E-state index < -0.39 is 0 Å². The van der Waals surface area contributed by atoms with E-state index in [2.05, 4.69) is 5.32 Å². The van der Waals surface area contributed by atoms with E-state index in [0.29, 0.717) is 5.02 Å². The van der Waals surface area contributed by atoms with Gasteiger partial charge in [-0.3, -0.25) is 0 Å². The van der Waals surface area contributed by atoms with E-state index in [1.807, 2.05) is 37.3 Å². The van der Waals surface area contributed by atoms with Crippen LogP contribution in [-0.2, 0) is 6.61 Å². The lowest BCUT2D eigenvalue weighted by Crippen LogP contribution is -2.08. The molecule has 0 fully saturated rings. The lowest BCUT2D eigenvalue weighted by Gasteiger charge is -2.19. The highest BCUT2D eigenvalue weighted by Gasteiger charge is 2.12. The summed E-state index contributed by atoms with van der Waals surface area (Å²) in [6, 6.07) is 13.3. The molecule has 20 heavy (non-hydrogen) atoms. The predicted molar refractivity (Wildman–Crippen MR) is 82.4 cm³/mol. The zero-order valence-corrected chi connectivity index (χ0v) is 12.3. The highest BCUT2D eigenvalue weighted by atomic mass is 35.5. The largest absolute Gasteiger partial charge is 0.496 e. The first kappa shape index (κ1) is 14.7. The van der Waals surface area contributed by atoms with Gasteiger partial charge < -0.3 is 15.2 Å². The third-order valence-electron chi connectivity index (χ3n) is 3.19. The Labute approximate surface area is 124 Å².